The standard InChI is InChI=1S/C29H35N/c1-19(2)20-9-13-23(14-10-20)30-26-15-11-21(28(3,4)5)17-24(26)25-18-22(29(6,7)8)12-16-27(25)30/h9-19H,1-8H3. The molecule has 1 heterocycles. The van der Waals surface area contributed by atoms with Crippen LogP contribution in [-0.2, 0) is 10.8 Å². The Balaban J connectivity index is 2.05. The van der Waals surface area contributed by atoms with Crippen molar-refractivity contribution < 1.29 is 0 Å². The molecule has 0 N–H and O–H groups in total. The quantitative estimate of drug-likeness (QED) is 0.319. The number of rotatable bonds is 2. The maximum Gasteiger partial charge on any atom is 0.0541 e. The predicted octanol–water partition coefficient (Wildman–Crippen LogP) is 8.50. The topological polar surface area (TPSA) is 4.93 Å². The average Bonchev–Trinajstić information content (AvgIpc) is 2.99. The molecule has 0 aliphatic heterocycles. The van der Waals surface area contributed by atoms with Gasteiger partial charge in [0, 0.05) is 16.5 Å². The largest absolute Gasteiger partial charge is 0.309 e. The highest BCUT2D eigenvalue weighted by atomic mass is 15.0. The van der Waals surface area contributed by atoms with Crippen LogP contribution in [0.3, 0.4) is 0 Å². The van der Waals surface area contributed by atoms with Gasteiger partial charge in [-0.05, 0) is 69.8 Å². The summed E-state index contributed by atoms with van der Waals surface area (Å²) in [6.45, 7) is 18.2. The Morgan fingerprint density at radius 3 is 1.40 bits per heavy atom. The molecule has 0 radical (unpaired) electrons. The summed E-state index contributed by atoms with van der Waals surface area (Å²) in [5, 5.41) is 2.69. The summed E-state index contributed by atoms with van der Waals surface area (Å²) in [4.78, 5) is 0. The van der Waals surface area contributed by atoms with Crippen LogP contribution < -0.4 is 0 Å². The van der Waals surface area contributed by atoms with Crippen molar-refractivity contribution in [1.82, 2.24) is 4.57 Å². The van der Waals surface area contributed by atoms with E-state index in [2.05, 4.69) is 121 Å². The molecule has 0 unspecified atom stereocenters. The number of aromatic nitrogens is 1. The van der Waals surface area contributed by atoms with Crippen molar-refractivity contribution in [2.45, 2.75) is 72.1 Å². The van der Waals surface area contributed by atoms with Crippen LogP contribution >= 0.6 is 0 Å². The van der Waals surface area contributed by atoms with Gasteiger partial charge in [-0.25, -0.2) is 0 Å². The summed E-state index contributed by atoms with van der Waals surface area (Å²) in [7, 11) is 0. The van der Waals surface area contributed by atoms with Crippen LogP contribution in [0.25, 0.3) is 27.5 Å². The molecular formula is C29H35N. The zero-order valence-corrected chi connectivity index (χ0v) is 19.8. The van der Waals surface area contributed by atoms with Crippen LogP contribution in [0, 0.1) is 0 Å². The zero-order valence-electron chi connectivity index (χ0n) is 19.8. The van der Waals surface area contributed by atoms with Crippen molar-refractivity contribution >= 4 is 21.8 Å². The smallest absolute Gasteiger partial charge is 0.0541 e. The lowest BCUT2D eigenvalue weighted by molar-refractivity contribution is 0.590. The monoisotopic (exact) mass is 397 g/mol. The summed E-state index contributed by atoms with van der Waals surface area (Å²) in [5.41, 5.74) is 8.18. The van der Waals surface area contributed by atoms with Crippen molar-refractivity contribution in [3.63, 3.8) is 0 Å². The predicted molar refractivity (Wildman–Crippen MR) is 132 cm³/mol. The molecule has 0 bridgehead atoms. The Hall–Kier alpha value is -2.54. The van der Waals surface area contributed by atoms with Crippen molar-refractivity contribution in [2.24, 2.45) is 0 Å². The van der Waals surface area contributed by atoms with Gasteiger partial charge in [-0.1, -0.05) is 79.7 Å². The highest BCUT2D eigenvalue weighted by Crippen LogP contribution is 2.37. The molecule has 3 aromatic carbocycles. The van der Waals surface area contributed by atoms with Gasteiger partial charge >= 0.3 is 0 Å². The SMILES string of the molecule is CC(C)c1ccc(-n2c3ccc(C(C)(C)C)cc3c3cc(C(C)(C)C)ccc32)cc1. The minimum absolute atomic E-state index is 0.128. The maximum atomic E-state index is 2.42. The summed E-state index contributed by atoms with van der Waals surface area (Å²) in [5.74, 6) is 0.542. The molecule has 1 aromatic heterocycles. The van der Waals surface area contributed by atoms with E-state index in [0.29, 0.717) is 5.92 Å². The molecule has 0 spiro atoms. The normalized spacial score (nSPS) is 13.0. The highest BCUT2D eigenvalue weighted by molar-refractivity contribution is 6.09. The molecule has 4 aromatic rings. The molecule has 0 aliphatic rings. The van der Waals surface area contributed by atoms with Gasteiger partial charge in [-0.15, -0.1) is 0 Å². The number of hydrogen-bond acceptors (Lipinski definition) is 0. The third kappa shape index (κ3) is 3.55. The Kier molecular flexibility index (Phi) is 4.84. The third-order valence-electron chi connectivity index (χ3n) is 6.32. The van der Waals surface area contributed by atoms with E-state index in [1.807, 2.05) is 0 Å². The second-order valence-electron chi connectivity index (χ2n) is 11.0. The van der Waals surface area contributed by atoms with E-state index >= 15 is 0 Å². The van der Waals surface area contributed by atoms with Gasteiger partial charge < -0.3 is 4.57 Å². The lowest BCUT2D eigenvalue weighted by atomic mass is 9.85. The molecule has 1 heteroatoms. The molecule has 0 atom stereocenters. The molecule has 0 saturated heterocycles. The Morgan fingerprint density at radius 1 is 0.600 bits per heavy atom. The first-order valence-corrected chi connectivity index (χ1v) is 11.2. The molecule has 4 rings (SSSR count). The Bertz CT molecular complexity index is 1130. The van der Waals surface area contributed by atoms with Crippen LogP contribution in [0.1, 0.15) is 78.0 Å². The Morgan fingerprint density at radius 2 is 1.03 bits per heavy atom. The van der Waals surface area contributed by atoms with Gasteiger partial charge in [-0.3, -0.25) is 0 Å². The van der Waals surface area contributed by atoms with Gasteiger partial charge in [0.25, 0.3) is 0 Å². The summed E-state index contributed by atoms with van der Waals surface area (Å²) in [6.07, 6.45) is 0. The molecule has 0 fully saturated rings. The van der Waals surface area contributed by atoms with Gasteiger partial charge in [0.1, 0.15) is 0 Å². The van der Waals surface area contributed by atoms with Crippen LogP contribution in [0.15, 0.2) is 60.7 Å². The van der Waals surface area contributed by atoms with Crippen LogP contribution in [-0.4, -0.2) is 4.57 Å². The summed E-state index contributed by atoms with van der Waals surface area (Å²) >= 11 is 0. The molecule has 30 heavy (non-hydrogen) atoms. The minimum atomic E-state index is 0.128. The zero-order chi connectivity index (χ0) is 21.8. The minimum Gasteiger partial charge on any atom is -0.309 e. The molecule has 1 nitrogen and oxygen atoms in total. The first kappa shape index (κ1) is 20.7. The van der Waals surface area contributed by atoms with E-state index in [1.54, 1.807) is 0 Å². The average molecular weight is 398 g/mol. The van der Waals surface area contributed by atoms with Gasteiger partial charge in [0.2, 0.25) is 0 Å². The second kappa shape index (κ2) is 7.01. The molecule has 0 amide bonds. The second-order valence-corrected chi connectivity index (χ2v) is 11.0. The number of fused-ring (bicyclic) bond motifs is 3. The molecule has 0 aliphatic carbocycles. The van der Waals surface area contributed by atoms with Gasteiger partial charge in [-0.2, -0.15) is 0 Å². The lowest BCUT2D eigenvalue weighted by Gasteiger charge is -2.19. The van der Waals surface area contributed by atoms with E-state index in [0.717, 1.165) is 0 Å². The maximum absolute atomic E-state index is 2.42. The van der Waals surface area contributed by atoms with E-state index < -0.39 is 0 Å². The lowest BCUT2D eigenvalue weighted by Crippen LogP contribution is -2.10. The van der Waals surface area contributed by atoms with Crippen LogP contribution in [0.2, 0.25) is 0 Å². The molecular weight excluding hydrogens is 362 g/mol. The highest BCUT2D eigenvalue weighted by Gasteiger charge is 2.20. The van der Waals surface area contributed by atoms with E-state index in [4.69, 9.17) is 0 Å². The first-order chi connectivity index (χ1) is 14.0. The third-order valence-corrected chi connectivity index (χ3v) is 6.32. The van der Waals surface area contributed by atoms with Crippen LogP contribution in [0.4, 0.5) is 0 Å². The van der Waals surface area contributed by atoms with Crippen molar-refractivity contribution in [2.75, 3.05) is 0 Å². The van der Waals surface area contributed by atoms with Crippen molar-refractivity contribution in [1.29, 1.82) is 0 Å². The number of hydrogen-bond donors (Lipinski definition) is 0. The van der Waals surface area contributed by atoms with E-state index in [1.165, 1.54) is 44.2 Å². The molecule has 156 valence electrons. The fourth-order valence-corrected chi connectivity index (χ4v) is 4.24. The van der Waals surface area contributed by atoms with Gasteiger partial charge in [0.05, 0.1) is 11.0 Å². The van der Waals surface area contributed by atoms with Crippen LogP contribution in [0.5, 0.6) is 0 Å². The summed E-state index contributed by atoms with van der Waals surface area (Å²) < 4.78 is 2.42. The Labute approximate surface area is 181 Å². The first-order valence-electron chi connectivity index (χ1n) is 11.2. The van der Waals surface area contributed by atoms with Crippen molar-refractivity contribution in [3.8, 4) is 5.69 Å². The van der Waals surface area contributed by atoms with Gasteiger partial charge in [0.15, 0.2) is 0 Å². The van der Waals surface area contributed by atoms with E-state index in [-0.39, 0.29) is 10.8 Å². The van der Waals surface area contributed by atoms with E-state index in [9.17, 15) is 0 Å². The molecule has 0 saturated carbocycles. The summed E-state index contributed by atoms with van der Waals surface area (Å²) in [6, 6.07) is 23.1. The fourth-order valence-electron chi connectivity index (χ4n) is 4.24. The fraction of sp³-hybridized carbons (Fsp3) is 0.379. The van der Waals surface area contributed by atoms with Crippen molar-refractivity contribution in [3.05, 3.63) is 77.4 Å². The number of nitrogens with zero attached hydrogens (tertiary/aromatic N) is 1. The number of benzene rings is 3.